The van der Waals surface area contributed by atoms with Gasteiger partial charge in [-0.05, 0) is 105 Å². The van der Waals surface area contributed by atoms with Crippen LogP contribution in [0.5, 0.6) is 5.75 Å². The first-order valence-corrected chi connectivity index (χ1v) is 15.9. The number of Topliss-reactive ketones (excluding diaryl/α,β-unsaturated/α-hetero) is 1. The number of hydrogen-bond donors (Lipinski definition) is 2. The van der Waals surface area contributed by atoms with Crippen LogP contribution in [0.25, 0.3) is 10.4 Å². The maximum atomic E-state index is 13.1. The van der Waals surface area contributed by atoms with Crippen molar-refractivity contribution in [2.24, 2.45) is 17.8 Å². The number of ketones is 1. The van der Waals surface area contributed by atoms with E-state index >= 15 is 0 Å². The zero-order valence-electron chi connectivity index (χ0n) is 25.5. The summed E-state index contributed by atoms with van der Waals surface area (Å²) in [6, 6.07) is 18.6. The number of aryl methyl sites for hydroxylation is 1. The maximum Gasteiger partial charge on any atom is 0.252 e. The molecule has 5 nitrogen and oxygen atoms in total. The Hall–Kier alpha value is -2.96. The van der Waals surface area contributed by atoms with Crippen LogP contribution in [0.3, 0.4) is 0 Å². The van der Waals surface area contributed by atoms with Gasteiger partial charge < -0.3 is 15.4 Å². The Bertz CT molecular complexity index is 1330. The van der Waals surface area contributed by atoms with Gasteiger partial charge in [-0.1, -0.05) is 45.0 Å². The van der Waals surface area contributed by atoms with E-state index in [9.17, 15) is 9.59 Å². The average Bonchev–Trinajstić information content (AvgIpc) is 3.56. The van der Waals surface area contributed by atoms with E-state index in [1.54, 1.807) is 6.92 Å². The molecular formula is C35H46N2O3S. The van der Waals surface area contributed by atoms with Crippen molar-refractivity contribution in [2.45, 2.75) is 79.4 Å². The van der Waals surface area contributed by atoms with Crippen molar-refractivity contribution in [3.63, 3.8) is 0 Å². The molecule has 1 saturated heterocycles. The Morgan fingerprint density at radius 1 is 1.05 bits per heavy atom. The quantitative estimate of drug-likeness (QED) is 0.274. The van der Waals surface area contributed by atoms with Gasteiger partial charge in [-0.3, -0.25) is 9.59 Å². The Morgan fingerprint density at radius 3 is 2.44 bits per heavy atom. The molecule has 6 heteroatoms. The van der Waals surface area contributed by atoms with E-state index in [1.807, 2.05) is 43.4 Å². The summed E-state index contributed by atoms with van der Waals surface area (Å²) in [7, 11) is 0. The molecule has 2 heterocycles. The molecule has 1 amide bonds. The molecule has 2 fully saturated rings. The first-order chi connectivity index (χ1) is 19.6. The van der Waals surface area contributed by atoms with Crippen LogP contribution in [-0.2, 0) is 11.2 Å². The topological polar surface area (TPSA) is 67.4 Å². The number of hydrogen-bond acceptors (Lipinski definition) is 5. The second-order valence-corrected chi connectivity index (χ2v) is 13.5. The molecule has 3 aromatic rings. The van der Waals surface area contributed by atoms with E-state index in [0.717, 1.165) is 55.1 Å². The monoisotopic (exact) mass is 574 g/mol. The molecule has 41 heavy (non-hydrogen) atoms. The number of carbonyl (C=O) groups is 2. The van der Waals surface area contributed by atoms with Crippen LogP contribution in [0.4, 0.5) is 0 Å². The predicted octanol–water partition coefficient (Wildman–Crippen LogP) is 7.78. The maximum absolute atomic E-state index is 13.1. The summed E-state index contributed by atoms with van der Waals surface area (Å²) < 4.78 is 5.93. The Morgan fingerprint density at radius 2 is 1.83 bits per heavy atom. The first-order valence-electron chi connectivity index (χ1n) is 15.1. The van der Waals surface area contributed by atoms with Crippen LogP contribution in [0.2, 0.25) is 0 Å². The molecular weight excluding hydrogens is 528 g/mol. The third kappa shape index (κ3) is 8.76. The minimum atomic E-state index is -0.0997. The molecule has 1 aliphatic heterocycles. The summed E-state index contributed by atoms with van der Waals surface area (Å²) in [5.74, 6) is 2.91. The SMILES string of the molecule is CC(=O)[C@@H]1CC[C@H](C)C1.Cc1ccc(OC2CNC2)cc1C(=O)NC(C)c1cccc(-c2ccc(CC(C)C)s2)c1. The molecule has 1 unspecified atom stereocenters. The number of carbonyl (C=O) groups excluding carboxylic acids is 2. The smallest absolute Gasteiger partial charge is 0.252 e. The summed E-state index contributed by atoms with van der Waals surface area (Å²) in [6.45, 7) is 14.1. The van der Waals surface area contributed by atoms with Crippen molar-refractivity contribution in [3.05, 3.63) is 76.2 Å². The molecule has 2 N–H and O–H groups in total. The molecule has 2 aliphatic rings. The third-order valence-corrected chi connectivity index (χ3v) is 9.22. The number of ether oxygens (including phenoxy) is 1. The molecule has 3 atom stereocenters. The molecule has 1 aromatic heterocycles. The Labute approximate surface area is 250 Å². The zero-order chi connectivity index (χ0) is 29.5. The van der Waals surface area contributed by atoms with Crippen molar-refractivity contribution in [1.82, 2.24) is 10.6 Å². The molecule has 5 rings (SSSR count). The van der Waals surface area contributed by atoms with Crippen molar-refractivity contribution < 1.29 is 14.3 Å². The highest BCUT2D eigenvalue weighted by molar-refractivity contribution is 7.15. The van der Waals surface area contributed by atoms with Gasteiger partial charge in [0.05, 0.1) is 6.04 Å². The zero-order valence-corrected chi connectivity index (χ0v) is 26.3. The second-order valence-electron chi connectivity index (χ2n) is 12.3. The number of rotatable bonds is 9. The van der Waals surface area contributed by atoms with Gasteiger partial charge in [-0.25, -0.2) is 0 Å². The minimum Gasteiger partial charge on any atom is -0.488 e. The lowest BCUT2D eigenvalue weighted by Crippen LogP contribution is -2.50. The van der Waals surface area contributed by atoms with Crippen LogP contribution in [-0.4, -0.2) is 30.9 Å². The lowest BCUT2D eigenvalue weighted by atomic mass is 10.0. The first kappa shape index (κ1) is 31.0. The highest BCUT2D eigenvalue weighted by Gasteiger charge is 2.24. The second kappa shape index (κ2) is 14.3. The third-order valence-electron chi connectivity index (χ3n) is 8.06. The van der Waals surface area contributed by atoms with E-state index in [1.165, 1.54) is 21.7 Å². The predicted molar refractivity (Wildman–Crippen MR) is 170 cm³/mol. The molecule has 1 aliphatic carbocycles. The Balaban J connectivity index is 0.000000367. The summed E-state index contributed by atoms with van der Waals surface area (Å²) in [5.41, 5.74) is 3.90. The van der Waals surface area contributed by atoms with Gasteiger partial charge in [0.1, 0.15) is 17.6 Å². The summed E-state index contributed by atoms with van der Waals surface area (Å²) in [6.07, 6.45) is 4.82. The van der Waals surface area contributed by atoms with Crippen molar-refractivity contribution in [3.8, 4) is 16.2 Å². The molecule has 2 aromatic carbocycles. The fourth-order valence-corrected chi connectivity index (χ4v) is 6.61. The summed E-state index contributed by atoms with van der Waals surface area (Å²) >= 11 is 1.85. The molecule has 0 spiro atoms. The van der Waals surface area contributed by atoms with Gasteiger partial charge >= 0.3 is 0 Å². The number of thiophene rings is 1. The van der Waals surface area contributed by atoms with Gasteiger partial charge in [0.2, 0.25) is 0 Å². The molecule has 0 bridgehead atoms. The van der Waals surface area contributed by atoms with Crippen LogP contribution < -0.4 is 15.4 Å². The van der Waals surface area contributed by atoms with E-state index < -0.39 is 0 Å². The fourth-order valence-electron chi connectivity index (χ4n) is 5.40. The van der Waals surface area contributed by atoms with Gasteiger partial charge in [0.25, 0.3) is 5.91 Å². The van der Waals surface area contributed by atoms with Crippen molar-refractivity contribution >= 4 is 23.0 Å². The van der Waals surface area contributed by atoms with Gasteiger partial charge in [0, 0.05) is 34.3 Å². The minimum absolute atomic E-state index is 0.0760. The number of amides is 1. The number of benzene rings is 2. The van der Waals surface area contributed by atoms with Crippen LogP contribution in [0.15, 0.2) is 54.6 Å². The average molecular weight is 575 g/mol. The van der Waals surface area contributed by atoms with Gasteiger partial charge in [-0.2, -0.15) is 0 Å². The molecule has 220 valence electrons. The molecule has 0 radical (unpaired) electrons. The lowest BCUT2D eigenvalue weighted by Gasteiger charge is -2.28. The summed E-state index contributed by atoms with van der Waals surface area (Å²) in [5, 5.41) is 6.37. The van der Waals surface area contributed by atoms with E-state index in [-0.39, 0.29) is 18.1 Å². The van der Waals surface area contributed by atoms with Crippen molar-refractivity contribution in [2.75, 3.05) is 13.1 Å². The summed E-state index contributed by atoms with van der Waals surface area (Å²) in [4.78, 5) is 26.5. The van der Waals surface area contributed by atoms with Gasteiger partial charge in [0.15, 0.2) is 0 Å². The van der Waals surface area contributed by atoms with Crippen molar-refractivity contribution in [1.29, 1.82) is 0 Å². The standard InChI is InChI=1S/C27H32N2O2S.C8H14O/c1-17(2)12-24-10-11-26(32-24)21-7-5-6-20(13-21)19(4)29-27(30)25-14-22(9-8-18(25)3)31-23-15-28-16-23;1-6-3-4-8(5-6)7(2)9/h5-11,13-14,17,19,23,28H,12,15-16H2,1-4H3,(H,29,30);6,8H,3-5H2,1-2H3/t;6-,8+/m.0/s1. The van der Waals surface area contributed by atoms with Crippen LogP contribution in [0, 0.1) is 24.7 Å². The number of nitrogens with one attached hydrogen (secondary N) is 2. The lowest BCUT2D eigenvalue weighted by molar-refractivity contribution is -0.120. The highest BCUT2D eigenvalue weighted by atomic mass is 32.1. The van der Waals surface area contributed by atoms with E-state index in [0.29, 0.717) is 23.2 Å². The molecule has 1 saturated carbocycles. The highest BCUT2D eigenvalue weighted by Crippen LogP contribution is 2.32. The van der Waals surface area contributed by atoms with Crippen LogP contribution in [0.1, 0.15) is 86.3 Å². The Kier molecular flexibility index (Phi) is 10.8. The van der Waals surface area contributed by atoms with E-state index in [2.05, 4.69) is 67.8 Å². The van der Waals surface area contributed by atoms with Gasteiger partial charge in [-0.15, -0.1) is 11.3 Å². The fraction of sp³-hybridized carbons (Fsp3) is 0.486. The normalized spacial score (nSPS) is 19.2. The van der Waals surface area contributed by atoms with Crippen LogP contribution >= 0.6 is 11.3 Å². The van der Waals surface area contributed by atoms with E-state index in [4.69, 9.17) is 4.74 Å². The largest absolute Gasteiger partial charge is 0.488 e.